The lowest BCUT2D eigenvalue weighted by Gasteiger charge is -2.49. The number of carbonyl (C=O) groups excluding carboxylic acids is 1. The molecule has 39 heavy (non-hydrogen) atoms. The van der Waals surface area contributed by atoms with Crippen molar-refractivity contribution >= 4 is 40.0 Å². The Morgan fingerprint density at radius 1 is 1.31 bits per heavy atom. The number of alkyl halides is 1. The summed E-state index contributed by atoms with van der Waals surface area (Å²) in [5, 5.41) is 4.11. The molecule has 3 N–H and O–H groups in total. The Balaban J connectivity index is 1.54. The number of ether oxygens (including phenoxy) is 1. The molecule has 2 aromatic rings. The van der Waals surface area contributed by atoms with Gasteiger partial charge in [-0.1, -0.05) is 32.4 Å². The third-order valence-electron chi connectivity index (χ3n) is 8.69. The van der Waals surface area contributed by atoms with Crippen molar-refractivity contribution in [3.8, 4) is 0 Å². The van der Waals surface area contributed by atoms with E-state index >= 15 is 4.39 Å². The number of fused-ring (bicyclic) bond motifs is 1. The van der Waals surface area contributed by atoms with Gasteiger partial charge in [-0.05, 0) is 55.0 Å². The number of rotatable bonds is 5. The molecule has 0 bridgehead atoms. The molecule has 210 valence electrons. The van der Waals surface area contributed by atoms with Crippen LogP contribution >= 0.6 is 23.4 Å². The number of nitrogens with one attached hydrogen (secondary N) is 1. The largest absolute Gasteiger partial charge is 0.379 e. The van der Waals surface area contributed by atoms with Crippen LogP contribution in [-0.2, 0) is 10.3 Å². The third-order valence-corrected chi connectivity index (χ3v) is 10.1. The summed E-state index contributed by atoms with van der Waals surface area (Å²) in [7, 11) is 0. The van der Waals surface area contributed by atoms with Gasteiger partial charge < -0.3 is 15.8 Å². The maximum atomic E-state index is 15.6. The normalized spacial score (nSPS) is 32.9. The Labute approximate surface area is 237 Å². The number of anilines is 1. The molecule has 1 saturated carbocycles. The van der Waals surface area contributed by atoms with Gasteiger partial charge in [-0.25, -0.2) is 13.8 Å². The number of hydrogen-bond donors (Lipinski definition) is 2. The zero-order valence-corrected chi connectivity index (χ0v) is 23.9. The van der Waals surface area contributed by atoms with Crippen LogP contribution in [0.3, 0.4) is 0 Å². The van der Waals surface area contributed by atoms with Gasteiger partial charge in [-0.2, -0.15) is 0 Å². The predicted octanol–water partition coefficient (Wildman–Crippen LogP) is 6.10. The van der Waals surface area contributed by atoms with Crippen LogP contribution in [-0.4, -0.2) is 47.1 Å². The fourth-order valence-electron chi connectivity index (χ4n) is 6.25. The van der Waals surface area contributed by atoms with Crippen molar-refractivity contribution in [3.05, 3.63) is 58.6 Å². The van der Waals surface area contributed by atoms with E-state index in [9.17, 15) is 9.18 Å². The van der Waals surface area contributed by atoms with Crippen molar-refractivity contribution in [2.75, 3.05) is 24.3 Å². The second-order valence-corrected chi connectivity index (χ2v) is 12.8. The number of benzene rings is 1. The van der Waals surface area contributed by atoms with Gasteiger partial charge in [0.25, 0.3) is 5.91 Å². The van der Waals surface area contributed by atoms with Crippen LogP contribution in [0.15, 0.2) is 41.5 Å². The Morgan fingerprint density at radius 2 is 2.10 bits per heavy atom. The average Bonchev–Trinajstić information content (AvgIpc) is 2.92. The van der Waals surface area contributed by atoms with E-state index in [0.717, 1.165) is 17.2 Å². The number of aromatic nitrogens is 1. The standard InChI is InChI=1S/C29H35ClF2N4O2S/c1-15(2)20-11-23(32)16(3)26(33)25(20)28-36-29(14-38-9-8-17(29)13-39-28)21-10-19(5-6-22(21)31)35-27(37)24-7-4-18(30)12-34-24/h4-7,10,12,15-17,20,23,25-26H,8-9,11,13-14,33H2,1-3H3,(H,35,37)/t16?,17-,20?,23+,25?,26?,29-/m0/s1. The van der Waals surface area contributed by atoms with Gasteiger partial charge in [0.05, 0.1) is 16.7 Å². The zero-order chi connectivity index (χ0) is 27.9. The summed E-state index contributed by atoms with van der Waals surface area (Å²) in [6.07, 6.45) is 1.63. The topological polar surface area (TPSA) is 89.6 Å². The number of hydrogen-bond acceptors (Lipinski definition) is 6. The molecule has 1 aliphatic carbocycles. The Bertz CT molecular complexity index is 1250. The maximum Gasteiger partial charge on any atom is 0.274 e. The molecule has 2 fully saturated rings. The minimum atomic E-state index is -0.959. The van der Waals surface area contributed by atoms with Crippen LogP contribution in [0, 0.1) is 35.4 Å². The lowest BCUT2D eigenvalue weighted by Crippen LogP contribution is -2.55. The summed E-state index contributed by atoms with van der Waals surface area (Å²) in [4.78, 5) is 22.2. The van der Waals surface area contributed by atoms with Crippen LogP contribution in [0.1, 0.15) is 49.7 Å². The summed E-state index contributed by atoms with van der Waals surface area (Å²) in [5.41, 5.74) is 6.75. The number of pyridine rings is 1. The third kappa shape index (κ3) is 5.47. The first-order valence-electron chi connectivity index (χ1n) is 13.5. The predicted molar refractivity (Wildman–Crippen MR) is 153 cm³/mol. The maximum absolute atomic E-state index is 15.6. The average molecular weight is 577 g/mol. The summed E-state index contributed by atoms with van der Waals surface area (Å²) in [6.45, 7) is 6.88. The molecule has 0 spiro atoms. The van der Waals surface area contributed by atoms with Crippen molar-refractivity contribution < 1.29 is 18.3 Å². The molecule has 10 heteroatoms. The van der Waals surface area contributed by atoms with Gasteiger partial charge in [0.2, 0.25) is 0 Å². The van der Waals surface area contributed by atoms with Gasteiger partial charge >= 0.3 is 0 Å². The second-order valence-electron chi connectivity index (χ2n) is 11.4. The van der Waals surface area contributed by atoms with Crippen molar-refractivity contribution in [3.63, 3.8) is 0 Å². The number of thioether (sulfide) groups is 1. The van der Waals surface area contributed by atoms with E-state index < -0.39 is 23.4 Å². The van der Waals surface area contributed by atoms with E-state index in [-0.39, 0.29) is 47.9 Å². The molecule has 1 aromatic heterocycles. The lowest BCUT2D eigenvalue weighted by molar-refractivity contribution is 0.00200. The number of nitrogens with zero attached hydrogens (tertiary/aromatic N) is 2. The Hall–Kier alpha value is -2.07. The van der Waals surface area contributed by atoms with Crippen LogP contribution in [0.4, 0.5) is 14.5 Å². The van der Waals surface area contributed by atoms with E-state index in [2.05, 4.69) is 24.1 Å². The molecule has 3 heterocycles. The molecular weight excluding hydrogens is 542 g/mol. The number of nitrogens with two attached hydrogens (primary N) is 1. The highest BCUT2D eigenvalue weighted by Gasteiger charge is 2.51. The second kappa shape index (κ2) is 11.4. The van der Waals surface area contributed by atoms with Crippen molar-refractivity contribution in [1.82, 2.24) is 4.98 Å². The van der Waals surface area contributed by atoms with E-state index in [1.807, 2.05) is 6.92 Å². The molecule has 1 saturated heterocycles. The SMILES string of the molecule is CC(C)C1C[C@@H](F)C(C)C(N)C1C1=N[C@@]2(c3cc(NC(=O)c4ccc(Cl)cn4)ccc3F)COCC[C@H]2CS1. The van der Waals surface area contributed by atoms with E-state index in [1.165, 1.54) is 24.4 Å². The van der Waals surface area contributed by atoms with E-state index in [0.29, 0.717) is 29.3 Å². The summed E-state index contributed by atoms with van der Waals surface area (Å²) < 4.78 is 36.5. The Morgan fingerprint density at radius 3 is 2.82 bits per heavy atom. The highest BCUT2D eigenvalue weighted by Crippen LogP contribution is 2.50. The van der Waals surface area contributed by atoms with Gasteiger partial charge in [0.15, 0.2) is 0 Å². The summed E-state index contributed by atoms with van der Waals surface area (Å²) in [6, 6.07) is 7.28. The van der Waals surface area contributed by atoms with Gasteiger partial charge in [-0.15, -0.1) is 11.8 Å². The highest BCUT2D eigenvalue weighted by molar-refractivity contribution is 8.14. The molecular formula is C29H35ClF2N4O2S. The van der Waals surface area contributed by atoms with E-state index in [1.54, 1.807) is 23.9 Å². The first-order valence-corrected chi connectivity index (χ1v) is 14.9. The summed E-state index contributed by atoms with van der Waals surface area (Å²) >= 11 is 7.57. The fourth-order valence-corrected chi connectivity index (χ4v) is 7.93. The molecule has 6 nitrogen and oxygen atoms in total. The highest BCUT2D eigenvalue weighted by atomic mass is 35.5. The van der Waals surface area contributed by atoms with Crippen molar-refractivity contribution in [2.24, 2.45) is 40.3 Å². The minimum Gasteiger partial charge on any atom is -0.379 e. The number of carbonyl (C=O) groups is 1. The van der Waals surface area contributed by atoms with Gasteiger partial charge in [0, 0.05) is 53.6 Å². The fraction of sp³-hybridized carbons (Fsp3) is 0.552. The van der Waals surface area contributed by atoms with Gasteiger partial charge in [-0.3, -0.25) is 9.79 Å². The first kappa shape index (κ1) is 28.5. The van der Waals surface area contributed by atoms with Crippen LogP contribution < -0.4 is 11.1 Å². The zero-order valence-electron chi connectivity index (χ0n) is 22.4. The molecule has 3 aliphatic rings. The molecule has 2 aliphatic heterocycles. The Kier molecular flexibility index (Phi) is 8.34. The molecule has 0 radical (unpaired) electrons. The van der Waals surface area contributed by atoms with Crippen molar-refractivity contribution in [2.45, 2.75) is 51.4 Å². The molecule has 1 amide bonds. The van der Waals surface area contributed by atoms with Gasteiger partial charge in [0.1, 0.15) is 23.2 Å². The van der Waals surface area contributed by atoms with Crippen LogP contribution in [0.25, 0.3) is 0 Å². The van der Waals surface area contributed by atoms with Crippen molar-refractivity contribution in [1.29, 1.82) is 0 Å². The molecule has 1 aromatic carbocycles. The minimum absolute atomic E-state index is 0.0397. The molecule has 7 atom stereocenters. The summed E-state index contributed by atoms with van der Waals surface area (Å²) in [5.74, 6) is -0.185. The van der Waals surface area contributed by atoms with Crippen LogP contribution in [0.2, 0.25) is 5.02 Å². The first-order chi connectivity index (χ1) is 18.6. The monoisotopic (exact) mass is 576 g/mol. The lowest BCUT2D eigenvalue weighted by atomic mass is 9.66. The number of halogens is 3. The molecule has 5 rings (SSSR count). The van der Waals surface area contributed by atoms with E-state index in [4.69, 9.17) is 27.1 Å². The smallest absolute Gasteiger partial charge is 0.274 e. The van der Waals surface area contributed by atoms with Crippen LogP contribution in [0.5, 0.6) is 0 Å². The molecule has 4 unspecified atom stereocenters. The number of amides is 1. The quantitative estimate of drug-likeness (QED) is 0.449. The number of aliphatic imine (C=N–C) groups is 1.